The smallest absolute Gasteiger partial charge is 0.272 e. The number of anilines is 1. The first-order chi connectivity index (χ1) is 14.5. The molecule has 3 rings (SSSR count). The summed E-state index contributed by atoms with van der Waals surface area (Å²) in [5.41, 5.74) is 1.02. The van der Waals surface area contributed by atoms with Gasteiger partial charge < -0.3 is 15.4 Å². The number of ether oxygens (including phenoxy) is 1. The van der Waals surface area contributed by atoms with Crippen molar-refractivity contribution in [3.8, 4) is 5.75 Å². The highest BCUT2D eigenvalue weighted by molar-refractivity contribution is 9.10. The number of nitrogens with one attached hydrogen (secondary N) is 2. The van der Waals surface area contributed by atoms with Crippen molar-refractivity contribution in [2.45, 2.75) is 0 Å². The lowest BCUT2D eigenvalue weighted by Crippen LogP contribution is -2.31. The maximum absolute atomic E-state index is 14.0. The Bertz CT molecular complexity index is 1080. The van der Waals surface area contributed by atoms with Crippen molar-refractivity contribution < 1.29 is 18.7 Å². The summed E-state index contributed by atoms with van der Waals surface area (Å²) >= 11 is 3.35. The molecule has 0 aliphatic carbocycles. The highest BCUT2D eigenvalue weighted by Gasteiger charge is 2.17. The Kier molecular flexibility index (Phi) is 6.98. The van der Waals surface area contributed by atoms with Crippen LogP contribution in [0.4, 0.5) is 10.1 Å². The van der Waals surface area contributed by atoms with Crippen molar-refractivity contribution in [2.75, 3.05) is 12.4 Å². The summed E-state index contributed by atoms with van der Waals surface area (Å²) in [5, 5.41) is 5.23. The minimum Gasteiger partial charge on any atom is -0.497 e. The van der Waals surface area contributed by atoms with Crippen molar-refractivity contribution >= 4 is 39.5 Å². The maximum Gasteiger partial charge on any atom is 0.272 e. The van der Waals surface area contributed by atoms with E-state index in [4.69, 9.17) is 4.74 Å². The third kappa shape index (κ3) is 5.55. The summed E-state index contributed by atoms with van der Waals surface area (Å²) in [7, 11) is 1.55. The van der Waals surface area contributed by atoms with Crippen LogP contribution in [-0.2, 0) is 4.79 Å². The van der Waals surface area contributed by atoms with Crippen molar-refractivity contribution in [1.29, 1.82) is 0 Å². The second-order valence-corrected chi connectivity index (χ2v) is 7.14. The molecule has 30 heavy (non-hydrogen) atoms. The summed E-state index contributed by atoms with van der Waals surface area (Å²) in [6, 6.07) is 19.5. The number of benzene rings is 3. The zero-order valence-electron chi connectivity index (χ0n) is 16.0. The highest BCUT2D eigenvalue weighted by Crippen LogP contribution is 2.17. The first-order valence-electron chi connectivity index (χ1n) is 8.95. The second-order valence-electron chi connectivity index (χ2n) is 6.23. The summed E-state index contributed by atoms with van der Waals surface area (Å²) in [5.74, 6) is -1.30. The van der Waals surface area contributed by atoms with Crippen LogP contribution in [0.3, 0.4) is 0 Å². The highest BCUT2D eigenvalue weighted by atomic mass is 79.9. The van der Waals surface area contributed by atoms with Gasteiger partial charge in [0.25, 0.3) is 11.8 Å². The van der Waals surface area contributed by atoms with Gasteiger partial charge in [-0.1, -0.05) is 40.2 Å². The van der Waals surface area contributed by atoms with Gasteiger partial charge in [-0.05, 0) is 60.2 Å². The molecule has 3 aromatic carbocycles. The Morgan fingerprint density at radius 1 is 0.967 bits per heavy atom. The fourth-order valence-electron chi connectivity index (χ4n) is 2.59. The SMILES string of the molecule is COc1ccc(NC(=O)/C(=C/c2ccc(Br)cc2)NC(=O)c2ccccc2F)cc1. The molecule has 0 saturated heterocycles. The summed E-state index contributed by atoms with van der Waals surface area (Å²) < 4.78 is 20.0. The van der Waals surface area contributed by atoms with Gasteiger partial charge >= 0.3 is 0 Å². The predicted octanol–water partition coefficient (Wildman–Crippen LogP) is 5.01. The van der Waals surface area contributed by atoms with Gasteiger partial charge in [-0.15, -0.1) is 0 Å². The molecule has 0 saturated carbocycles. The Balaban J connectivity index is 1.88. The van der Waals surface area contributed by atoms with E-state index in [-0.39, 0.29) is 11.3 Å². The van der Waals surface area contributed by atoms with Gasteiger partial charge in [0.15, 0.2) is 0 Å². The number of rotatable bonds is 6. The molecule has 2 N–H and O–H groups in total. The maximum atomic E-state index is 14.0. The molecule has 0 fully saturated rings. The largest absolute Gasteiger partial charge is 0.497 e. The van der Waals surface area contributed by atoms with Crippen LogP contribution in [0, 0.1) is 5.82 Å². The predicted molar refractivity (Wildman–Crippen MR) is 118 cm³/mol. The molecule has 0 aromatic heterocycles. The lowest BCUT2D eigenvalue weighted by molar-refractivity contribution is -0.113. The Morgan fingerprint density at radius 2 is 1.63 bits per heavy atom. The van der Waals surface area contributed by atoms with Gasteiger partial charge in [-0.3, -0.25) is 9.59 Å². The van der Waals surface area contributed by atoms with Crippen LogP contribution in [0.1, 0.15) is 15.9 Å². The van der Waals surface area contributed by atoms with Crippen LogP contribution in [0.5, 0.6) is 5.75 Å². The van der Waals surface area contributed by atoms with Crippen LogP contribution in [-0.4, -0.2) is 18.9 Å². The quantitative estimate of drug-likeness (QED) is 0.499. The molecule has 3 aromatic rings. The van der Waals surface area contributed by atoms with E-state index >= 15 is 0 Å². The molecule has 0 radical (unpaired) electrons. The van der Waals surface area contributed by atoms with E-state index in [9.17, 15) is 14.0 Å². The van der Waals surface area contributed by atoms with Gasteiger partial charge in [-0.2, -0.15) is 0 Å². The van der Waals surface area contributed by atoms with Gasteiger partial charge in [0.2, 0.25) is 0 Å². The summed E-state index contributed by atoms with van der Waals surface area (Å²) in [6.07, 6.45) is 1.52. The molecule has 2 amide bonds. The van der Waals surface area contributed by atoms with Crippen molar-refractivity contribution in [3.63, 3.8) is 0 Å². The minimum absolute atomic E-state index is 0.0265. The third-order valence-electron chi connectivity index (χ3n) is 4.14. The van der Waals surface area contributed by atoms with Gasteiger partial charge in [-0.25, -0.2) is 4.39 Å². The Morgan fingerprint density at radius 3 is 2.27 bits per heavy atom. The summed E-state index contributed by atoms with van der Waals surface area (Å²) in [6.45, 7) is 0. The lowest BCUT2D eigenvalue weighted by atomic mass is 10.1. The molecule has 0 aliphatic rings. The molecule has 0 atom stereocenters. The van der Waals surface area contributed by atoms with Crippen LogP contribution in [0.25, 0.3) is 6.08 Å². The van der Waals surface area contributed by atoms with Crippen LogP contribution in [0.15, 0.2) is 83.0 Å². The minimum atomic E-state index is -0.721. The monoisotopic (exact) mass is 468 g/mol. The molecule has 0 heterocycles. The Hall–Kier alpha value is -3.45. The zero-order chi connectivity index (χ0) is 21.5. The average molecular weight is 469 g/mol. The molecule has 0 aliphatic heterocycles. The van der Waals surface area contributed by atoms with E-state index in [0.29, 0.717) is 17.0 Å². The lowest BCUT2D eigenvalue weighted by Gasteiger charge is -2.12. The van der Waals surface area contributed by atoms with E-state index in [1.165, 1.54) is 24.3 Å². The molecule has 0 unspecified atom stereocenters. The molecule has 5 nitrogen and oxygen atoms in total. The third-order valence-corrected chi connectivity index (χ3v) is 4.67. The van der Waals surface area contributed by atoms with Crippen molar-refractivity contribution in [2.24, 2.45) is 0 Å². The first kappa shape index (κ1) is 21.3. The van der Waals surface area contributed by atoms with E-state index < -0.39 is 17.6 Å². The summed E-state index contributed by atoms with van der Waals surface area (Å²) in [4.78, 5) is 25.4. The molecule has 152 valence electrons. The number of halogens is 2. The van der Waals surface area contributed by atoms with E-state index in [1.54, 1.807) is 49.6 Å². The number of hydrogen-bond donors (Lipinski definition) is 2. The fourth-order valence-corrected chi connectivity index (χ4v) is 2.86. The molecule has 0 bridgehead atoms. The van der Waals surface area contributed by atoms with Crippen LogP contribution in [0.2, 0.25) is 0 Å². The van der Waals surface area contributed by atoms with Gasteiger partial charge in [0.1, 0.15) is 17.3 Å². The van der Waals surface area contributed by atoms with E-state index in [0.717, 1.165) is 4.47 Å². The normalized spacial score (nSPS) is 11.0. The molecular formula is C23H18BrFN2O3. The zero-order valence-corrected chi connectivity index (χ0v) is 17.6. The molecule has 0 spiro atoms. The standard InChI is InChI=1S/C23H18BrFN2O3/c1-30-18-12-10-17(11-13-18)26-23(29)21(14-15-6-8-16(24)9-7-15)27-22(28)19-4-2-3-5-20(19)25/h2-14H,1H3,(H,26,29)(H,27,28)/b21-14-. The van der Waals surface area contributed by atoms with Gasteiger partial charge in [0, 0.05) is 10.2 Å². The molecule has 7 heteroatoms. The van der Waals surface area contributed by atoms with Crippen LogP contribution >= 0.6 is 15.9 Å². The number of methoxy groups -OCH3 is 1. The van der Waals surface area contributed by atoms with Crippen molar-refractivity contribution in [3.05, 3.63) is 99.9 Å². The van der Waals surface area contributed by atoms with E-state index in [2.05, 4.69) is 26.6 Å². The second kappa shape index (κ2) is 9.84. The number of carbonyl (C=O) groups is 2. The van der Waals surface area contributed by atoms with E-state index in [1.807, 2.05) is 12.1 Å². The van der Waals surface area contributed by atoms with Crippen LogP contribution < -0.4 is 15.4 Å². The number of carbonyl (C=O) groups excluding carboxylic acids is 2. The number of amides is 2. The Labute approximate surface area is 181 Å². The van der Waals surface area contributed by atoms with Gasteiger partial charge in [0.05, 0.1) is 12.7 Å². The number of hydrogen-bond acceptors (Lipinski definition) is 3. The average Bonchev–Trinajstić information content (AvgIpc) is 2.75. The topological polar surface area (TPSA) is 67.4 Å². The molecular weight excluding hydrogens is 451 g/mol. The van der Waals surface area contributed by atoms with Crippen molar-refractivity contribution in [1.82, 2.24) is 5.32 Å². The first-order valence-corrected chi connectivity index (χ1v) is 9.74. The fraction of sp³-hybridized carbons (Fsp3) is 0.0435.